The van der Waals surface area contributed by atoms with Gasteiger partial charge in [0.2, 0.25) is 0 Å². The lowest BCUT2D eigenvalue weighted by molar-refractivity contribution is 0.155. The van der Waals surface area contributed by atoms with Gasteiger partial charge in [0.15, 0.2) is 5.76 Å². The van der Waals surface area contributed by atoms with Crippen LogP contribution in [0, 0.1) is 0 Å². The molecular formula is C10H19N3O2. The van der Waals surface area contributed by atoms with Crippen molar-refractivity contribution in [3.63, 3.8) is 0 Å². The minimum Gasteiger partial charge on any atom is -0.377 e. The molecule has 1 aromatic heterocycles. The molecular weight excluding hydrogens is 194 g/mol. The lowest BCUT2D eigenvalue weighted by atomic mass is 10.3. The summed E-state index contributed by atoms with van der Waals surface area (Å²) in [5, 5.41) is 3.97. The molecule has 5 nitrogen and oxygen atoms in total. The fraction of sp³-hybridized carbons (Fsp3) is 0.700. The van der Waals surface area contributed by atoms with Gasteiger partial charge in [-0.2, -0.15) is 0 Å². The van der Waals surface area contributed by atoms with Crippen LogP contribution in [-0.2, 0) is 17.9 Å². The van der Waals surface area contributed by atoms with E-state index in [9.17, 15) is 0 Å². The second kappa shape index (κ2) is 6.55. The zero-order chi connectivity index (χ0) is 11.1. The maximum absolute atomic E-state index is 5.51. The van der Waals surface area contributed by atoms with Gasteiger partial charge >= 0.3 is 0 Å². The van der Waals surface area contributed by atoms with E-state index in [0.29, 0.717) is 13.2 Å². The Labute approximate surface area is 90.2 Å². The van der Waals surface area contributed by atoms with Gasteiger partial charge in [0.25, 0.3) is 0 Å². The standard InChI is InChI=1S/C10H19N3O2/c1-3-13(5-4-11)7-9-6-10(8-14-2)15-12-9/h6H,3-5,7-8,11H2,1-2H3. The van der Waals surface area contributed by atoms with Crippen LogP contribution >= 0.6 is 0 Å². The Morgan fingerprint density at radius 3 is 3.00 bits per heavy atom. The molecule has 2 N–H and O–H groups in total. The van der Waals surface area contributed by atoms with Crippen LogP contribution in [-0.4, -0.2) is 36.8 Å². The first-order valence-electron chi connectivity index (χ1n) is 5.16. The van der Waals surface area contributed by atoms with Crippen molar-refractivity contribution in [2.24, 2.45) is 5.73 Å². The Bertz CT molecular complexity index is 275. The van der Waals surface area contributed by atoms with Crippen molar-refractivity contribution >= 4 is 0 Å². The fourth-order valence-electron chi connectivity index (χ4n) is 1.40. The van der Waals surface area contributed by atoms with Gasteiger partial charge < -0.3 is 15.0 Å². The highest BCUT2D eigenvalue weighted by atomic mass is 16.5. The third-order valence-electron chi connectivity index (χ3n) is 2.17. The number of likely N-dealkylation sites (N-methyl/N-ethyl adjacent to an activating group) is 1. The summed E-state index contributed by atoms with van der Waals surface area (Å²) in [5.41, 5.74) is 6.43. The van der Waals surface area contributed by atoms with Crippen LogP contribution in [0.4, 0.5) is 0 Å². The molecule has 0 aromatic carbocycles. The lowest BCUT2D eigenvalue weighted by Crippen LogP contribution is -2.28. The maximum atomic E-state index is 5.51. The summed E-state index contributed by atoms with van der Waals surface area (Å²) in [5.74, 6) is 0.760. The Hall–Kier alpha value is -0.910. The summed E-state index contributed by atoms with van der Waals surface area (Å²) in [4.78, 5) is 2.22. The van der Waals surface area contributed by atoms with Crippen molar-refractivity contribution in [3.8, 4) is 0 Å². The molecule has 0 aliphatic rings. The summed E-state index contributed by atoms with van der Waals surface area (Å²) in [6.07, 6.45) is 0. The number of aromatic nitrogens is 1. The van der Waals surface area contributed by atoms with Gasteiger partial charge in [0.1, 0.15) is 6.61 Å². The number of nitrogens with two attached hydrogens (primary N) is 1. The number of nitrogens with zero attached hydrogens (tertiary/aromatic N) is 2. The summed E-state index contributed by atoms with van der Waals surface area (Å²) in [6.45, 7) is 5.85. The minimum atomic E-state index is 0.468. The molecule has 0 atom stereocenters. The molecule has 0 unspecified atom stereocenters. The average Bonchev–Trinajstić information content (AvgIpc) is 2.66. The Morgan fingerprint density at radius 1 is 1.60 bits per heavy atom. The third kappa shape index (κ3) is 3.99. The molecule has 0 saturated heterocycles. The summed E-state index contributed by atoms with van der Waals surface area (Å²) in [6, 6.07) is 1.92. The van der Waals surface area contributed by atoms with Crippen LogP contribution < -0.4 is 5.73 Å². The molecule has 0 aliphatic heterocycles. The summed E-state index contributed by atoms with van der Waals surface area (Å²) in [7, 11) is 1.63. The zero-order valence-corrected chi connectivity index (χ0v) is 9.40. The molecule has 0 spiro atoms. The molecule has 0 bridgehead atoms. The topological polar surface area (TPSA) is 64.5 Å². The van der Waals surface area contributed by atoms with Crippen LogP contribution in [0.1, 0.15) is 18.4 Å². The van der Waals surface area contributed by atoms with E-state index in [1.807, 2.05) is 6.07 Å². The van der Waals surface area contributed by atoms with Crippen molar-refractivity contribution in [3.05, 3.63) is 17.5 Å². The molecule has 0 amide bonds. The first-order chi connectivity index (χ1) is 7.30. The van der Waals surface area contributed by atoms with Crippen LogP contribution in [0.3, 0.4) is 0 Å². The first-order valence-corrected chi connectivity index (χ1v) is 5.16. The van der Waals surface area contributed by atoms with Gasteiger partial charge in [0.05, 0.1) is 5.69 Å². The van der Waals surface area contributed by atoms with Gasteiger partial charge in [-0.1, -0.05) is 12.1 Å². The van der Waals surface area contributed by atoms with Gasteiger partial charge in [-0.05, 0) is 6.54 Å². The largest absolute Gasteiger partial charge is 0.377 e. The second-order valence-corrected chi connectivity index (χ2v) is 3.38. The summed E-state index contributed by atoms with van der Waals surface area (Å²) < 4.78 is 10.0. The normalized spacial score (nSPS) is 11.2. The van der Waals surface area contributed by atoms with Gasteiger partial charge in [-0.15, -0.1) is 0 Å². The highest BCUT2D eigenvalue weighted by Crippen LogP contribution is 2.07. The van der Waals surface area contributed by atoms with Gasteiger partial charge in [-0.25, -0.2) is 0 Å². The Balaban J connectivity index is 2.47. The van der Waals surface area contributed by atoms with Gasteiger partial charge in [-0.3, -0.25) is 4.90 Å². The number of hydrogen-bond acceptors (Lipinski definition) is 5. The smallest absolute Gasteiger partial charge is 0.162 e. The number of rotatable bonds is 7. The quantitative estimate of drug-likeness (QED) is 0.718. The first kappa shape index (κ1) is 12.2. The number of methoxy groups -OCH3 is 1. The van der Waals surface area contributed by atoms with E-state index in [0.717, 1.165) is 31.1 Å². The van der Waals surface area contributed by atoms with Crippen LogP contribution in [0.25, 0.3) is 0 Å². The third-order valence-corrected chi connectivity index (χ3v) is 2.17. The van der Waals surface area contributed by atoms with Crippen molar-refractivity contribution in [1.82, 2.24) is 10.1 Å². The van der Waals surface area contributed by atoms with Crippen molar-refractivity contribution in [1.29, 1.82) is 0 Å². The minimum absolute atomic E-state index is 0.468. The fourth-order valence-corrected chi connectivity index (χ4v) is 1.40. The predicted molar refractivity (Wildman–Crippen MR) is 57.2 cm³/mol. The van der Waals surface area contributed by atoms with Crippen molar-refractivity contribution in [2.75, 3.05) is 26.7 Å². The molecule has 0 saturated carbocycles. The zero-order valence-electron chi connectivity index (χ0n) is 9.40. The average molecular weight is 213 g/mol. The van der Waals surface area contributed by atoms with E-state index in [1.165, 1.54) is 0 Å². The highest BCUT2D eigenvalue weighted by Gasteiger charge is 2.07. The monoisotopic (exact) mass is 213 g/mol. The van der Waals surface area contributed by atoms with E-state index in [2.05, 4.69) is 17.0 Å². The molecule has 0 radical (unpaired) electrons. The van der Waals surface area contributed by atoms with E-state index >= 15 is 0 Å². The SMILES string of the molecule is CCN(CCN)Cc1cc(COC)on1. The Kier molecular flexibility index (Phi) is 5.31. The van der Waals surface area contributed by atoms with E-state index in [1.54, 1.807) is 7.11 Å². The summed E-state index contributed by atoms with van der Waals surface area (Å²) >= 11 is 0. The Morgan fingerprint density at radius 2 is 2.40 bits per heavy atom. The maximum Gasteiger partial charge on any atom is 0.162 e. The molecule has 5 heteroatoms. The van der Waals surface area contributed by atoms with Crippen molar-refractivity contribution < 1.29 is 9.26 Å². The van der Waals surface area contributed by atoms with E-state index in [4.69, 9.17) is 15.0 Å². The van der Waals surface area contributed by atoms with Crippen LogP contribution in [0.15, 0.2) is 10.6 Å². The molecule has 0 aliphatic carbocycles. The van der Waals surface area contributed by atoms with E-state index in [-0.39, 0.29) is 0 Å². The molecule has 1 aromatic rings. The molecule has 0 fully saturated rings. The lowest BCUT2D eigenvalue weighted by Gasteiger charge is -2.17. The van der Waals surface area contributed by atoms with Crippen molar-refractivity contribution in [2.45, 2.75) is 20.1 Å². The van der Waals surface area contributed by atoms with Gasteiger partial charge in [0, 0.05) is 32.8 Å². The number of ether oxygens (including phenoxy) is 1. The highest BCUT2D eigenvalue weighted by molar-refractivity contribution is 5.04. The predicted octanol–water partition coefficient (Wildman–Crippen LogP) is 0.602. The van der Waals surface area contributed by atoms with E-state index < -0.39 is 0 Å². The molecule has 86 valence electrons. The second-order valence-electron chi connectivity index (χ2n) is 3.38. The molecule has 1 heterocycles. The van der Waals surface area contributed by atoms with Crippen LogP contribution in [0.5, 0.6) is 0 Å². The molecule has 15 heavy (non-hydrogen) atoms. The number of hydrogen-bond donors (Lipinski definition) is 1. The molecule has 1 rings (SSSR count). The van der Waals surface area contributed by atoms with Crippen LogP contribution in [0.2, 0.25) is 0 Å².